The van der Waals surface area contributed by atoms with Gasteiger partial charge in [-0.3, -0.25) is 4.79 Å². The van der Waals surface area contributed by atoms with Gasteiger partial charge in [0.2, 0.25) is 5.91 Å². The van der Waals surface area contributed by atoms with Gasteiger partial charge in [0.05, 0.1) is 0 Å². The molecule has 0 aliphatic carbocycles. The number of rotatable bonds is 1. The first-order chi connectivity index (χ1) is 10.2. The molecule has 2 fully saturated rings. The van der Waals surface area contributed by atoms with E-state index in [2.05, 4.69) is 21.3 Å². The van der Waals surface area contributed by atoms with Gasteiger partial charge in [0, 0.05) is 52.9 Å². The van der Waals surface area contributed by atoms with E-state index in [1.54, 1.807) is 0 Å². The van der Waals surface area contributed by atoms with Gasteiger partial charge in [-0.2, -0.15) is 0 Å². The minimum Gasteiger partial charge on any atom is -0.371 e. The number of carbonyl (C=O) groups excluding carboxylic acids is 1. The Bertz CT molecular complexity index is 701. The second-order valence-electron chi connectivity index (χ2n) is 6.18. The van der Waals surface area contributed by atoms with Crippen LogP contribution in [0.25, 0.3) is 10.9 Å². The van der Waals surface area contributed by atoms with Crippen molar-refractivity contribution in [1.29, 1.82) is 0 Å². The summed E-state index contributed by atoms with van der Waals surface area (Å²) in [6.07, 6.45) is 5.63. The second kappa shape index (κ2) is 4.67. The number of nitrogens with one attached hydrogen (secondary N) is 2. The average Bonchev–Trinajstić information content (AvgIpc) is 3.06. The number of H-pyrrole nitrogens is 1. The summed E-state index contributed by atoms with van der Waals surface area (Å²) in [7, 11) is 0. The topological polar surface area (TPSA) is 48.1 Å². The van der Waals surface area contributed by atoms with Crippen molar-refractivity contribution in [2.24, 2.45) is 0 Å². The fourth-order valence-electron chi connectivity index (χ4n) is 3.70. The third kappa shape index (κ3) is 2.18. The van der Waals surface area contributed by atoms with E-state index in [-0.39, 0.29) is 11.4 Å². The number of nitrogens with zero attached hydrogens (tertiary/aromatic N) is 1. The lowest BCUT2D eigenvalue weighted by Gasteiger charge is -2.40. The van der Waals surface area contributed by atoms with Crippen LogP contribution in [0.15, 0.2) is 24.4 Å². The molecule has 3 heterocycles. The van der Waals surface area contributed by atoms with Crippen LogP contribution in [0.2, 0.25) is 5.02 Å². The number of amides is 1. The van der Waals surface area contributed by atoms with Crippen LogP contribution < -0.4 is 10.2 Å². The molecule has 0 radical (unpaired) electrons. The number of fused-ring (bicyclic) bond motifs is 1. The number of benzene rings is 1. The highest BCUT2D eigenvalue weighted by Gasteiger charge is 2.40. The Hall–Kier alpha value is -1.68. The number of aromatic amines is 1. The Morgan fingerprint density at radius 2 is 2.00 bits per heavy atom. The lowest BCUT2D eigenvalue weighted by atomic mass is 9.86. The zero-order chi connectivity index (χ0) is 14.4. The Labute approximate surface area is 128 Å². The quantitative estimate of drug-likeness (QED) is 0.850. The lowest BCUT2D eigenvalue weighted by Crippen LogP contribution is -2.51. The third-order valence-corrected chi connectivity index (χ3v) is 5.13. The van der Waals surface area contributed by atoms with Gasteiger partial charge in [0.15, 0.2) is 0 Å². The molecule has 2 saturated heterocycles. The zero-order valence-corrected chi connectivity index (χ0v) is 12.5. The fraction of sp³-hybridized carbons (Fsp3) is 0.438. The number of aromatic nitrogens is 1. The van der Waals surface area contributed by atoms with Crippen molar-refractivity contribution in [3.05, 3.63) is 29.4 Å². The highest BCUT2D eigenvalue weighted by molar-refractivity contribution is 6.31. The zero-order valence-electron chi connectivity index (χ0n) is 11.8. The van der Waals surface area contributed by atoms with Gasteiger partial charge >= 0.3 is 0 Å². The van der Waals surface area contributed by atoms with Crippen molar-refractivity contribution in [3.63, 3.8) is 0 Å². The van der Waals surface area contributed by atoms with Gasteiger partial charge in [-0.25, -0.2) is 0 Å². The Kier molecular flexibility index (Phi) is 2.89. The molecule has 1 aromatic carbocycles. The van der Waals surface area contributed by atoms with E-state index in [9.17, 15) is 4.79 Å². The normalized spacial score (nSPS) is 21.2. The van der Waals surface area contributed by atoms with Crippen molar-refractivity contribution in [1.82, 2.24) is 10.3 Å². The molecule has 4 nitrogen and oxygen atoms in total. The van der Waals surface area contributed by atoms with Gasteiger partial charge in [-0.1, -0.05) is 11.6 Å². The van der Waals surface area contributed by atoms with Crippen LogP contribution in [0.4, 0.5) is 5.69 Å². The molecular weight excluding hydrogens is 286 g/mol. The monoisotopic (exact) mass is 303 g/mol. The number of hydrogen-bond acceptors (Lipinski definition) is 2. The first-order valence-electron chi connectivity index (χ1n) is 7.48. The summed E-state index contributed by atoms with van der Waals surface area (Å²) in [5.74, 6) is 0.208. The number of halogens is 1. The maximum absolute atomic E-state index is 11.5. The molecule has 2 aliphatic heterocycles. The molecule has 0 saturated carbocycles. The Morgan fingerprint density at radius 1 is 1.19 bits per heavy atom. The van der Waals surface area contributed by atoms with Gasteiger partial charge in [0.1, 0.15) is 0 Å². The maximum Gasteiger partial charge on any atom is 0.220 e. The third-order valence-electron chi connectivity index (χ3n) is 4.91. The molecule has 21 heavy (non-hydrogen) atoms. The summed E-state index contributed by atoms with van der Waals surface area (Å²) >= 11 is 6.24. The van der Waals surface area contributed by atoms with E-state index >= 15 is 0 Å². The maximum atomic E-state index is 11.5. The Balaban J connectivity index is 1.60. The molecule has 0 atom stereocenters. The first-order valence-corrected chi connectivity index (χ1v) is 7.86. The second-order valence-corrected chi connectivity index (χ2v) is 6.62. The van der Waals surface area contributed by atoms with E-state index in [1.165, 1.54) is 11.1 Å². The van der Waals surface area contributed by atoms with Crippen LogP contribution in [-0.2, 0) is 4.79 Å². The molecule has 1 spiro atoms. The lowest BCUT2D eigenvalue weighted by molar-refractivity contribution is -0.119. The van der Waals surface area contributed by atoms with Crippen LogP contribution in [-0.4, -0.2) is 29.5 Å². The predicted octanol–water partition coefficient (Wildman–Crippen LogP) is 3.07. The first kappa shape index (κ1) is 13.0. The smallest absolute Gasteiger partial charge is 0.220 e. The minimum atomic E-state index is 0.0451. The van der Waals surface area contributed by atoms with E-state index in [0.29, 0.717) is 6.42 Å². The van der Waals surface area contributed by atoms with Crippen LogP contribution in [0.3, 0.4) is 0 Å². The summed E-state index contributed by atoms with van der Waals surface area (Å²) in [5.41, 5.74) is 2.31. The number of piperidine rings is 1. The molecule has 0 bridgehead atoms. The van der Waals surface area contributed by atoms with Gasteiger partial charge in [0.25, 0.3) is 0 Å². The van der Waals surface area contributed by atoms with Crippen molar-refractivity contribution in [2.45, 2.75) is 31.2 Å². The molecule has 5 heteroatoms. The average molecular weight is 304 g/mol. The van der Waals surface area contributed by atoms with Crippen molar-refractivity contribution < 1.29 is 4.79 Å². The predicted molar refractivity (Wildman–Crippen MR) is 84.9 cm³/mol. The minimum absolute atomic E-state index is 0.0451. The summed E-state index contributed by atoms with van der Waals surface area (Å²) < 4.78 is 0. The van der Waals surface area contributed by atoms with Gasteiger partial charge in [-0.05, 0) is 37.5 Å². The summed E-state index contributed by atoms with van der Waals surface area (Å²) in [6.45, 7) is 1.92. The Morgan fingerprint density at radius 3 is 2.71 bits per heavy atom. The molecule has 2 N–H and O–H groups in total. The van der Waals surface area contributed by atoms with E-state index in [0.717, 1.165) is 42.9 Å². The standard InChI is InChI=1S/C16H18ClN3O/c17-11-9-13-12(2-6-18-13)14(10-11)20-7-4-16(5-8-20)3-1-15(21)19-16/h2,6,9-10,18H,1,3-5,7-8H2,(H,19,21). The highest BCUT2D eigenvalue weighted by atomic mass is 35.5. The largest absolute Gasteiger partial charge is 0.371 e. The molecule has 2 aromatic rings. The highest BCUT2D eigenvalue weighted by Crippen LogP contribution is 2.36. The molecule has 1 amide bonds. The van der Waals surface area contributed by atoms with E-state index < -0.39 is 0 Å². The molecule has 1 aromatic heterocycles. The molecule has 110 valence electrons. The summed E-state index contributed by atoms with van der Waals surface area (Å²) in [6, 6.07) is 6.11. The van der Waals surface area contributed by atoms with Crippen molar-refractivity contribution in [3.8, 4) is 0 Å². The van der Waals surface area contributed by atoms with Crippen LogP contribution >= 0.6 is 11.6 Å². The number of anilines is 1. The molecule has 0 unspecified atom stereocenters. The number of carbonyl (C=O) groups is 1. The van der Waals surface area contributed by atoms with Crippen LogP contribution in [0.1, 0.15) is 25.7 Å². The van der Waals surface area contributed by atoms with Crippen molar-refractivity contribution in [2.75, 3.05) is 18.0 Å². The van der Waals surface area contributed by atoms with E-state index in [4.69, 9.17) is 11.6 Å². The molecule has 4 rings (SSSR count). The molecular formula is C16H18ClN3O. The summed E-state index contributed by atoms with van der Waals surface area (Å²) in [5, 5.41) is 5.16. The molecule has 2 aliphatic rings. The van der Waals surface area contributed by atoms with Crippen LogP contribution in [0.5, 0.6) is 0 Å². The summed E-state index contributed by atoms with van der Waals surface area (Å²) in [4.78, 5) is 17.1. The van der Waals surface area contributed by atoms with Crippen LogP contribution in [0, 0.1) is 0 Å². The SMILES string of the molecule is O=C1CCC2(CCN(c3cc(Cl)cc4[nH]ccc34)CC2)N1. The van der Waals surface area contributed by atoms with Gasteiger partial charge < -0.3 is 15.2 Å². The van der Waals surface area contributed by atoms with E-state index in [1.807, 2.05) is 18.3 Å². The fourth-order valence-corrected chi connectivity index (χ4v) is 3.91. The van der Waals surface area contributed by atoms with Gasteiger partial charge in [-0.15, -0.1) is 0 Å². The number of hydrogen-bond donors (Lipinski definition) is 2. The van der Waals surface area contributed by atoms with Crippen molar-refractivity contribution >= 4 is 34.1 Å².